The van der Waals surface area contributed by atoms with Gasteiger partial charge >= 0.3 is 156 Å². The molecule has 0 amide bonds. The van der Waals surface area contributed by atoms with Gasteiger partial charge in [0.25, 0.3) is 0 Å². The molecule has 398 valence electrons. The number of hydrogen-bond acceptors (Lipinski definition) is 29. The number of nitrogens with one attached hydrogen (secondary N) is 2. The zero-order valence-corrected chi connectivity index (χ0v) is 55.8. The number of Topliss-reactive ketones (excluding diaryl/α,β-unsaturated/α-hetero) is 2. The van der Waals surface area contributed by atoms with Gasteiger partial charge in [0.05, 0.1) is 65.1 Å². The first-order chi connectivity index (χ1) is 34.0. The second-order valence-corrected chi connectivity index (χ2v) is 23.2. The van der Waals surface area contributed by atoms with E-state index in [1.165, 1.54) is 0 Å². The number of nitrogens with zero attached hydrogens (tertiary/aromatic N) is 3. The van der Waals surface area contributed by atoms with Gasteiger partial charge in [-0.05, 0) is 90.0 Å². The minimum Gasteiger partial charge on any atom is -0.744 e. The second-order valence-electron chi connectivity index (χ2n) is 15.1. The van der Waals surface area contributed by atoms with Crippen molar-refractivity contribution >= 4 is 131 Å². The average Bonchev–Trinajstić information content (AvgIpc) is 3.26. The number of hydrogen-bond donors (Lipinski definition) is 6. The Morgan fingerprint density at radius 3 is 1.32 bits per heavy atom. The number of hydrazone groups is 2. The second kappa shape index (κ2) is 31.8. The van der Waals surface area contributed by atoms with Crippen molar-refractivity contribution in [2.75, 3.05) is 55.7 Å². The maximum atomic E-state index is 13.3. The summed E-state index contributed by atoms with van der Waals surface area (Å²) in [5.41, 5.74) is 7.89. The van der Waals surface area contributed by atoms with Gasteiger partial charge in [-0.15, -0.1) is 0 Å². The predicted molar refractivity (Wildman–Crippen MR) is 253 cm³/mol. The van der Waals surface area contributed by atoms with Crippen LogP contribution in [0.15, 0.2) is 100 Å². The number of ketones is 2. The molecule has 4 aromatic rings. The van der Waals surface area contributed by atoms with Gasteiger partial charge in [-0.2, -0.15) is 10.2 Å². The van der Waals surface area contributed by atoms with Crippen LogP contribution in [-0.4, -0.2) is 149 Å². The van der Waals surface area contributed by atoms with E-state index < -0.39 is 164 Å². The summed E-state index contributed by atoms with van der Waals surface area (Å²) in [5, 5.41) is 23.8. The predicted octanol–water partition coefficient (Wildman–Crippen LogP) is -19.3. The van der Waals surface area contributed by atoms with Crippen LogP contribution in [-0.2, 0) is 60.7 Å². The van der Waals surface area contributed by atoms with Crippen molar-refractivity contribution in [2.24, 2.45) is 10.2 Å². The van der Waals surface area contributed by atoms with Crippen LogP contribution in [0.5, 0.6) is 0 Å². The fourth-order valence-corrected chi connectivity index (χ4v) is 10.3. The largest absolute Gasteiger partial charge is 1.00 e. The first-order valence-electron chi connectivity index (χ1n) is 19.7. The van der Waals surface area contributed by atoms with E-state index in [2.05, 4.69) is 15.6 Å². The van der Waals surface area contributed by atoms with Crippen molar-refractivity contribution in [2.45, 2.75) is 19.6 Å². The third-order valence-electron chi connectivity index (χ3n) is 9.95. The van der Waals surface area contributed by atoms with Gasteiger partial charge in [0.2, 0.25) is 11.6 Å². The Balaban J connectivity index is 0. The first kappa shape index (κ1) is 80.6. The molecule has 0 unspecified atom stereocenters. The maximum absolute atomic E-state index is 13.3. The number of rotatable bonds is 16. The van der Waals surface area contributed by atoms with Crippen LogP contribution < -0.4 is 178 Å². The summed E-state index contributed by atoms with van der Waals surface area (Å²) in [6.07, 6.45) is 2.90. The summed E-state index contributed by atoms with van der Waals surface area (Å²) in [7, 11) is -30.7. The molecule has 0 fully saturated rings. The summed E-state index contributed by atoms with van der Waals surface area (Å²) < 4.78 is 216. The van der Waals surface area contributed by atoms with Gasteiger partial charge in [0, 0.05) is 24.5 Å². The van der Waals surface area contributed by atoms with Gasteiger partial charge in [0.15, 0.2) is 0 Å². The molecule has 41 heteroatoms. The number of carbonyl (C=O) groups excluding carboxylic acids is 2. The fourth-order valence-electron chi connectivity index (χ4n) is 6.61. The molecule has 2 aliphatic rings. The van der Waals surface area contributed by atoms with Crippen LogP contribution in [0.1, 0.15) is 43.0 Å². The monoisotopic (exact) mass is 1250 g/mol. The van der Waals surface area contributed by atoms with E-state index in [9.17, 15) is 87.4 Å². The van der Waals surface area contributed by atoms with Crippen LogP contribution in [0.2, 0.25) is 0 Å². The van der Waals surface area contributed by atoms with Crippen molar-refractivity contribution in [1.82, 2.24) is 4.90 Å². The van der Waals surface area contributed by atoms with Gasteiger partial charge in [0.1, 0.15) is 72.1 Å². The van der Waals surface area contributed by atoms with Crippen molar-refractivity contribution in [1.29, 1.82) is 0 Å². The van der Waals surface area contributed by atoms with Gasteiger partial charge in [-0.3, -0.25) is 20.4 Å². The Morgan fingerprint density at radius 1 is 0.537 bits per heavy atom. The molecule has 0 aromatic heterocycles. The Morgan fingerprint density at radius 2 is 0.950 bits per heavy atom. The topological polar surface area (TPSA) is 522 Å². The standard InChI is InChI=1S/C34H26N6O20S6.C5H13NO2.2Li.4Na/c35-22-13-20(61(43,44)45)8-17-10-27(65(55,56)57)31(33(41)29(17)22)39-37-19-5-4-16(25(12-19)63(49,50)51)3-1-15-2-6-24(26(7-15)64(52,53)54)38-40-32-28(66(58,59)60)11-18-9-21(62(46,47)48)14-23(36)30(18)34(32)42;1-6(2-4-7)3-5-8;;;;;;/h1-14,37-38H,35-36H2,(H,43,44,45)(H,46,47,48)(H,49,50,51)(H,52,53,54)(H,55,56,57)(H,58,59,60);7-8H,2-5H2,1H3;;;;;;/q;;6*+1/p-6/b3-1+,39-31+,40-32-;;;;;;;. The first-order valence-corrected chi connectivity index (χ1v) is 28.1. The smallest absolute Gasteiger partial charge is 0.744 e. The van der Waals surface area contributed by atoms with Crippen molar-refractivity contribution in [3.8, 4) is 0 Å². The number of nitrogen functional groups attached to an aromatic ring is 2. The van der Waals surface area contributed by atoms with E-state index in [0.29, 0.717) is 61.6 Å². The van der Waals surface area contributed by atoms with Crippen LogP contribution in [0.3, 0.4) is 0 Å². The molecule has 0 spiro atoms. The molecule has 8 N–H and O–H groups in total. The quantitative estimate of drug-likeness (QED) is 0.0199. The number of allylic oxidation sites excluding steroid dienone is 2. The Bertz CT molecular complexity index is 3920. The van der Waals surface area contributed by atoms with Crippen LogP contribution >= 0.6 is 0 Å². The summed E-state index contributed by atoms with van der Waals surface area (Å²) in [6.45, 7) is 1.61. The molecule has 0 bridgehead atoms. The SMILES string of the molecule is CN(CCO)CCO.Nc1cc(S(=O)(=O)[O-])cc2c1C(=O)/C(=N/Nc1ccc(/C=C/c3ccc(N/N=C4\C(=O)c5c(N)cc(S(=O)(=O)[O-])cc5C=C4S(=O)(=O)[O-])c(S(=O)(=O)[O-])c3)c(S(=O)(=O)[O-])c1)C(S(=O)(=O)[O-])=C2.[Li+].[Li+].[Na+].[Na+].[Na+].[Na+]. The molecule has 2 aliphatic carbocycles. The normalized spacial score (nSPS) is 14.4. The molecule has 80 heavy (non-hydrogen) atoms. The van der Waals surface area contributed by atoms with Crippen molar-refractivity contribution in [3.05, 3.63) is 104 Å². The molecule has 0 saturated carbocycles. The fraction of sp³-hybridized carbons (Fsp3) is 0.128. The van der Waals surface area contributed by atoms with Crippen molar-refractivity contribution < 1.29 is 254 Å². The minimum absolute atomic E-state index is 0. The molecular weight excluding hydrogens is 1220 g/mol. The van der Waals surface area contributed by atoms with Crippen LogP contribution in [0, 0.1) is 0 Å². The zero-order chi connectivity index (χ0) is 55.7. The Hall–Kier alpha value is -1.49. The van der Waals surface area contributed by atoms with E-state index >= 15 is 0 Å². The Kier molecular flexibility index (Phi) is 32.0. The molecule has 0 saturated heterocycles. The van der Waals surface area contributed by atoms with Crippen molar-refractivity contribution in [3.63, 3.8) is 0 Å². The van der Waals surface area contributed by atoms with Gasteiger partial charge in [-0.1, -0.05) is 24.3 Å². The van der Waals surface area contributed by atoms with Crippen LogP contribution in [0.25, 0.3) is 24.3 Å². The Labute approximate surface area is 570 Å². The van der Waals surface area contributed by atoms with Crippen LogP contribution in [0.4, 0.5) is 22.7 Å². The summed E-state index contributed by atoms with van der Waals surface area (Å²) in [6, 6.07) is 7.49. The molecule has 0 atom stereocenters. The molecule has 4 aromatic carbocycles. The number of nitrogens with two attached hydrogens (primary N) is 2. The van der Waals surface area contributed by atoms with E-state index in [1.807, 2.05) is 17.4 Å². The zero-order valence-electron chi connectivity index (χ0n) is 42.9. The van der Waals surface area contributed by atoms with Gasteiger partial charge < -0.3 is 53.9 Å². The molecule has 6 rings (SSSR count). The molecule has 0 aliphatic heterocycles. The number of likely N-dealkylation sites (N-methyl/N-ethyl adjacent to an activating group) is 1. The number of fused-ring (bicyclic) bond motifs is 2. The van der Waals surface area contributed by atoms with Gasteiger partial charge in [-0.25, -0.2) is 50.5 Å². The van der Waals surface area contributed by atoms with E-state index in [1.54, 1.807) is 0 Å². The third kappa shape index (κ3) is 20.6. The molecule has 0 heterocycles. The number of anilines is 4. The van der Waals surface area contributed by atoms with E-state index in [4.69, 9.17) is 21.7 Å². The number of aliphatic hydroxyl groups excluding tert-OH is 2. The third-order valence-corrected chi connectivity index (χ3v) is 15.0. The van der Waals surface area contributed by atoms with E-state index in [0.717, 1.165) is 36.4 Å². The summed E-state index contributed by atoms with van der Waals surface area (Å²) >= 11 is 0. The summed E-state index contributed by atoms with van der Waals surface area (Å²) in [4.78, 5) is 21.7. The summed E-state index contributed by atoms with van der Waals surface area (Å²) in [5.74, 6) is -2.78. The number of benzene rings is 4. The molecule has 29 nitrogen and oxygen atoms in total. The minimum atomic E-state index is -5.64. The molecular formula is C39H33Li2N7Na4O22S6. The number of aliphatic hydroxyl groups is 2. The maximum Gasteiger partial charge on any atom is 1.00 e. The number of carbonyl (C=O) groups is 2. The average molecular weight is 1250 g/mol. The molecule has 0 radical (unpaired) electrons. The van der Waals surface area contributed by atoms with E-state index in [-0.39, 0.29) is 175 Å².